The molecule has 2 aliphatic rings. The van der Waals surface area contributed by atoms with Crippen LogP contribution in [0.15, 0.2) is 30.3 Å². The van der Waals surface area contributed by atoms with Gasteiger partial charge in [0.2, 0.25) is 0 Å². The summed E-state index contributed by atoms with van der Waals surface area (Å²) in [6.45, 7) is 3.91. The summed E-state index contributed by atoms with van der Waals surface area (Å²) in [5, 5.41) is 3.79. The Bertz CT molecular complexity index is 837. The number of thiophene rings is 1. The lowest BCUT2D eigenvalue weighted by atomic mass is 9.88. The molecule has 1 aliphatic heterocycles. The Kier molecular flexibility index (Phi) is 5.30. The highest BCUT2D eigenvalue weighted by Gasteiger charge is 2.31. The van der Waals surface area contributed by atoms with Crippen molar-refractivity contribution < 1.29 is 9.59 Å². The number of nitrogens with one attached hydrogen (secondary N) is 1. The van der Waals surface area contributed by atoms with E-state index in [-0.39, 0.29) is 11.8 Å². The van der Waals surface area contributed by atoms with Crippen LogP contribution in [0.2, 0.25) is 0 Å². The third-order valence-electron chi connectivity index (χ3n) is 5.63. The standard InChI is InChI=1S/C22H26N2O2S/c1-15-10-11-17-18(14-15)27-21(23-20(25)16-8-4-2-5-9-16)19(17)22(26)24-12-6-3-7-13-24/h2,4-5,8-9,15H,3,6-7,10-14H2,1H3,(H,23,25)/t15-/m0/s1. The van der Waals surface area contributed by atoms with Crippen LogP contribution in [0.25, 0.3) is 0 Å². The molecule has 0 bridgehead atoms. The van der Waals surface area contributed by atoms with Crippen LogP contribution in [-0.4, -0.2) is 29.8 Å². The minimum atomic E-state index is -0.144. The zero-order valence-electron chi connectivity index (χ0n) is 15.8. The highest BCUT2D eigenvalue weighted by molar-refractivity contribution is 7.17. The quantitative estimate of drug-likeness (QED) is 0.833. The van der Waals surface area contributed by atoms with E-state index in [0.29, 0.717) is 11.5 Å². The van der Waals surface area contributed by atoms with E-state index in [1.54, 1.807) is 23.5 Å². The van der Waals surface area contributed by atoms with E-state index in [9.17, 15) is 9.59 Å². The number of carbonyl (C=O) groups is 2. The average molecular weight is 383 g/mol. The number of likely N-dealkylation sites (tertiary alicyclic amines) is 1. The lowest BCUT2D eigenvalue weighted by Gasteiger charge is -2.28. The minimum absolute atomic E-state index is 0.102. The molecule has 4 nitrogen and oxygen atoms in total. The first-order valence-electron chi connectivity index (χ1n) is 9.93. The maximum Gasteiger partial charge on any atom is 0.257 e. The molecule has 2 heterocycles. The molecule has 1 aliphatic carbocycles. The van der Waals surface area contributed by atoms with E-state index >= 15 is 0 Å². The smallest absolute Gasteiger partial charge is 0.257 e. The van der Waals surface area contributed by atoms with Gasteiger partial charge in [-0.2, -0.15) is 0 Å². The van der Waals surface area contributed by atoms with Crippen LogP contribution in [0, 0.1) is 5.92 Å². The fourth-order valence-corrected chi connectivity index (χ4v) is 5.48. The maximum atomic E-state index is 13.3. The van der Waals surface area contributed by atoms with Crippen LogP contribution in [0.5, 0.6) is 0 Å². The first kappa shape index (κ1) is 18.2. The molecular formula is C22H26N2O2S. The Labute approximate surface area is 164 Å². The number of anilines is 1. The third kappa shape index (κ3) is 3.79. The number of rotatable bonds is 3. The van der Waals surface area contributed by atoms with Gasteiger partial charge in [0.05, 0.1) is 5.56 Å². The molecular weight excluding hydrogens is 356 g/mol. The molecule has 2 aromatic rings. The van der Waals surface area contributed by atoms with Gasteiger partial charge < -0.3 is 10.2 Å². The summed E-state index contributed by atoms with van der Waals surface area (Å²) in [7, 11) is 0. The number of hydrogen-bond acceptors (Lipinski definition) is 3. The van der Waals surface area contributed by atoms with Crippen molar-refractivity contribution in [3.8, 4) is 0 Å². The summed E-state index contributed by atoms with van der Waals surface area (Å²) in [6, 6.07) is 9.22. The highest BCUT2D eigenvalue weighted by Crippen LogP contribution is 2.40. The molecule has 1 aromatic carbocycles. The molecule has 0 spiro atoms. The van der Waals surface area contributed by atoms with Crippen molar-refractivity contribution in [1.82, 2.24) is 4.90 Å². The first-order valence-corrected chi connectivity index (χ1v) is 10.8. The van der Waals surface area contributed by atoms with Gasteiger partial charge in [0.25, 0.3) is 11.8 Å². The number of hydrogen-bond donors (Lipinski definition) is 1. The van der Waals surface area contributed by atoms with E-state index in [4.69, 9.17) is 0 Å². The van der Waals surface area contributed by atoms with Crippen molar-refractivity contribution in [3.05, 3.63) is 51.9 Å². The SMILES string of the molecule is C[C@H]1CCc2c(sc(NC(=O)c3ccccc3)c2C(=O)N2CCCCC2)C1. The zero-order chi connectivity index (χ0) is 18.8. The molecule has 0 saturated carbocycles. The first-order chi connectivity index (χ1) is 13.1. The van der Waals surface area contributed by atoms with Gasteiger partial charge >= 0.3 is 0 Å². The van der Waals surface area contributed by atoms with E-state index < -0.39 is 0 Å². The van der Waals surface area contributed by atoms with Crippen LogP contribution in [0.4, 0.5) is 5.00 Å². The monoisotopic (exact) mass is 382 g/mol. The van der Waals surface area contributed by atoms with Crippen molar-refractivity contribution in [3.63, 3.8) is 0 Å². The van der Waals surface area contributed by atoms with Crippen LogP contribution in [-0.2, 0) is 12.8 Å². The summed E-state index contributed by atoms with van der Waals surface area (Å²) in [5.74, 6) is 0.590. The van der Waals surface area contributed by atoms with Crippen LogP contribution in [0.3, 0.4) is 0 Å². The third-order valence-corrected chi connectivity index (χ3v) is 6.80. The fraction of sp³-hybridized carbons (Fsp3) is 0.455. The fourth-order valence-electron chi connectivity index (χ4n) is 4.09. The van der Waals surface area contributed by atoms with E-state index in [0.717, 1.165) is 55.8 Å². The molecule has 1 fully saturated rings. The Morgan fingerprint density at radius 1 is 1.11 bits per heavy atom. The minimum Gasteiger partial charge on any atom is -0.339 e. The van der Waals surface area contributed by atoms with Crippen LogP contribution in [0.1, 0.15) is 63.8 Å². The Morgan fingerprint density at radius 2 is 1.85 bits per heavy atom. The molecule has 0 radical (unpaired) electrons. The lowest BCUT2D eigenvalue weighted by Crippen LogP contribution is -2.36. The summed E-state index contributed by atoms with van der Waals surface area (Å²) in [5.41, 5.74) is 2.55. The molecule has 5 heteroatoms. The van der Waals surface area contributed by atoms with E-state index in [1.807, 2.05) is 23.1 Å². The van der Waals surface area contributed by atoms with Gasteiger partial charge in [0.1, 0.15) is 5.00 Å². The number of fused-ring (bicyclic) bond motifs is 1. The molecule has 1 aromatic heterocycles. The number of nitrogens with zero attached hydrogens (tertiary/aromatic N) is 1. The zero-order valence-corrected chi connectivity index (χ0v) is 16.6. The Morgan fingerprint density at radius 3 is 2.59 bits per heavy atom. The van der Waals surface area contributed by atoms with Crippen molar-refractivity contribution in [1.29, 1.82) is 0 Å². The van der Waals surface area contributed by atoms with Crippen molar-refractivity contribution in [2.24, 2.45) is 5.92 Å². The van der Waals surface area contributed by atoms with Crippen LogP contribution < -0.4 is 5.32 Å². The van der Waals surface area contributed by atoms with Crippen molar-refractivity contribution >= 4 is 28.2 Å². The van der Waals surface area contributed by atoms with Gasteiger partial charge in [0.15, 0.2) is 0 Å². The maximum absolute atomic E-state index is 13.3. The van der Waals surface area contributed by atoms with E-state index in [1.165, 1.54) is 16.9 Å². The Balaban J connectivity index is 1.67. The van der Waals surface area contributed by atoms with Gasteiger partial charge in [-0.05, 0) is 62.1 Å². The number of benzene rings is 1. The number of piperidine rings is 1. The second kappa shape index (κ2) is 7.85. The summed E-state index contributed by atoms with van der Waals surface area (Å²) >= 11 is 1.60. The summed E-state index contributed by atoms with van der Waals surface area (Å²) < 4.78 is 0. The highest BCUT2D eigenvalue weighted by atomic mass is 32.1. The van der Waals surface area contributed by atoms with Crippen molar-refractivity contribution in [2.75, 3.05) is 18.4 Å². The van der Waals surface area contributed by atoms with Gasteiger partial charge in [-0.15, -0.1) is 11.3 Å². The molecule has 1 atom stereocenters. The van der Waals surface area contributed by atoms with Gasteiger partial charge in [-0.25, -0.2) is 0 Å². The van der Waals surface area contributed by atoms with Crippen molar-refractivity contribution in [2.45, 2.75) is 45.4 Å². The molecule has 142 valence electrons. The van der Waals surface area contributed by atoms with Crippen LogP contribution >= 0.6 is 11.3 Å². The molecule has 27 heavy (non-hydrogen) atoms. The normalized spacial score (nSPS) is 19.4. The second-order valence-corrected chi connectivity index (χ2v) is 8.83. The van der Waals surface area contributed by atoms with Gasteiger partial charge in [-0.1, -0.05) is 25.1 Å². The topological polar surface area (TPSA) is 49.4 Å². The predicted molar refractivity (Wildman–Crippen MR) is 110 cm³/mol. The predicted octanol–water partition coefficient (Wildman–Crippen LogP) is 4.75. The lowest BCUT2D eigenvalue weighted by molar-refractivity contribution is 0.0724. The van der Waals surface area contributed by atoms with Gasteiger partial charge in [-0.3, -0.25) is 9.59 Å². The number of amides is 2. The average Bonchev–Trinajstić information content (AvgIpc) is 3.05. The largest absolute Gasteiger partial charge is 0.339 e. The molecule has 2 amide bonds. The second-order valence-electron chi connectivity index (χ2n) is 7.73. The van der Waals surface area contributed by atoms with E-state index in [2.05, 4.69) is 12.2 Å². The molecule has 0 unspecified atom stereocenters. The molecule has 1 N–H and O–H groups in total. The number of carbonyl (C=O) groups excluding carboxylic acids is 2. The summed E-state index contributed by atoms with van der Waals surface area (Å²) in [4.78, 5) is 29.3. The Hall–Kier alpha value is -2.14. The summed E-state index contributed by atoms with van der Waals surface area (Å²) in [6.07, 6.45) is 6.38. The van der Waals surface area contributed by atoms with Gasteiger partial charge in [0, 0.05) is 23.5 Å². The molecule has 1 saturated heterocycles. The molecule has 4 rings (SSSR count).